The molecule has 8 nitrogen and oxygen atoms in total. The number of nitrogens with zero attached hydrogens (tertiary/aromatic N) is 5. The molecule has 0 spiro atoms. The molecule has 2 aromatic heterocycles. The summed E-state index contributed by atoms with van der Waals surface area (Å²) < 4.78 is 11.2. The van der Waals surface area contributed by atoms with Crippen LogP contribution in [0.5, 0.6) is 0 Å². The van der Waals surface area contributed by atoms with Crippen molar-refractivity contribution in [1.29, 1.82) is 5.26 Å². The highest BCUT2D eigenvalue weighted by molar-refractivity contribution is 5.95. The molecule has 1 aromatic carbocycles. The highest BCUT2D eigenvalue weighted by Crippen LogP contribution is 2.39. The number of nitrogens with one attached hydrogen (secondary N) is 1. The number of anilines is 1. The summed E-state index contributed by atoms with van der Waals surface area (Å²) in [6.45, 7) is 10.6. The van der Waals surface area contributed by atoms with E-state index < -0.39 is 0 Å². The van der Waals surface area contributed by atoms with Gasteiger partial charge in [0.2, 0.25) is 0 Å². The van der Waals surface area contributed by atoms with Crippen molar-refractivity contribution in [3.05, 3.63) is 34.6 Å². The minimum Gasteiger partial charge on any atom is -0.380 e. The molecule has 2 aliphatic rings. The third-order valence-electron chi connectivity index (χ3n) is 6.89. The first-order chi connectivity index (χ1) is 15.9. The van der Waals surface area contributed by atoms with Gasteiger partial charge >= 0.3 is 0 Å². The van der Waals surface area contributed by atoms with E-state index in [2.05, 4.69) is 46.3 Å². The fourth-order valence-corrected chi connectivity index (χ4v) is 5.23. The maximum absolute atomic E-state index is 9.80. The first-order valence-corrected chi connectivity index (χ1v) is 11.7. The largest absolute Gasteiger partial charge is 0.380 e. The third kappa shape index (κ3) is 4.07. The minimum absolute atomic E-state index is 0.265. The highest BCUT2D eigenvalue weighted by Gasteiger charge is 2.32. The van der Waals surface area contributed by atoms with Crippen LogP contribution in [0, 0.1) is 32.1 Å². The Bertz CT molecular complexity index is 1220. The number of piperidine rings is 1. The van der Waals surface area contributed by atoms with Gasteiger partial charge in [-0.3, -0.25) is 0 Å². The average molecular weight is 447 g/mol. The van der Waals surface area contributed by atoms with E-state index >= 15 is 0 Å². The van der Waals surface area contributed by atoms with E-state index in [1.165, 1.54) is 0 Å². The summed E-state index contributed by atoms with van der Waals surface area (Å²) in [6.07, 6.45) is 3.11. The van der Waals surface area contributed by atoms with Crippen molar-refractivity contribution in [3.8, 4) is 17.5 Å². The second-order valence-corrected chi connectivity index (χ2v) is 9.39. The number of nitriles is 1. The van der Waals surface area contributed by atoms with Crippen LogP contribution in [0.4, 0.5) is 5.82 Å². The Morgan fingerprint density at radius 1 is 1.15 bits per heavy atom. The summed E-state index contributed by atoms with van der Waals surface area (Å²) >= 11 is 0. The summed E-state index contributed by atoms with van der Waals surface area (Å²) in [6, 6.07) is 7.49. The molecular weight excluding hydrogens is 416 g/mol. The Morgan fingerprint density at radius 3 is 2.67 bits per heavy atom. The molecule has 0 aliphatic carbocycles. The number of rotatable bonds is 4. The van der Waals surface area contributed by atoms with Crippen molar-refractivity contribution in [2.75, 3.05) is 24.7 Å². The number of ether oxygens (including phenoxy) is 1. The van der Waals surface area contributed by atoms with E-state index in [9.17, 15) is 5.26 Å². The Labute approximate surface area is 193 Å². The monoisotopic (exact) mass is 446 g/mol. The van der Waals surface area contributed by atoms with Gasteiger partial charge in [-0.25, -0.2) is 4.98 Å². The molecule has 3 aromatic rings. The number of hydrogen-bond donors (Lipinski definition) is 1. The van der Waals surface area contributed by atoms with E-state index in [-0.39, 0.29) is 6.04 Å². The zero-order valence-electron chi connectivity index (χ0n) is 19.7. The molecular formula is C25H30N6O2. The van der Waals surface area contributed by atoms with E-state index in [1.807, 2.05) is 19.9 Å². The van der Waals surface area contributed by atoms with Crippen LogP contribution in [0.15, 0.2) is 16.7 Å². The smallest absolute Gasteiger partial charge is 0.261 e. The van der Waals surface area contributed by atoms with Crippen molar-refractivity contribution in [1.82, 2.24) is 20.4 Å². The summed E-state index contributed by atoms with van der Waals surface area (Å²) in [7, 11) is 0. The van der Waals surface area contributed by atoms with Crippen LogP contribution in [-0.4, -0.2) is 53.0 Å². The van der Waals surface area contributed by atoms with Crippen molar-refractivity contribution in [2.45, 2.75) is 65.1 Å². The summed E-state index contributed by atoms with van der Waals surface area (Å²) in [5.41, 5.74) is 4.22. The Balaban J connectivity index is 1.58. The lowest BCUT2D eigenvalue weighted by molar-refractivity contribution is 0.185. The van der Waals surface area contributed by atoms with Crippen LogP contribution in [0.2, 0.25) is 0 Å². The van der Waals surface area contributed by atoms with Crippen LogP contribution in [0.25, 0.3) is 22.4 Å². The standard InChI is InChI=1S/C25H30N6O2/c1-14-9-18(12-26)23-21(10-14)16(3)22(25-27-17(4)30-33-25)24(29-23)31-7-5-19(11-15(31)2)28-20-6-8-32-13-20/h9-10,15,19-20,28H,5-8,11,13H2,1-4H3/t15-,19-,20?/m1/s1. The van der Waals surface area contributed by atoms with Gasteiger partial charge in [0.1, 0.15) is 11.9 Å². The minimum atomic E-state index is 0.265. The molecule has 0 radical (unpaired) electrons. The zero-order chi connectivity index (χ0) is 23.1. The Morgan fingerprint density at radius 2 is 2.00 bits per heavy atom. The molecule has 1 unspecified atom stereocenters. The average Bonchev–Trinajstić information content (AvgIpc) is 3.45. The van der Waals surface area contributed by atoms with Crippen LogP contribution in [-0.2, 0) is 4.74 Å². The Kier molecular flexibility index (Phi) is 5.77. The van der Waals surface area contributed by atoms with Gasteiger partial charge in [-0.05, 0) is 70.2 Å². The number of aromatic nitrogens is 3. The first-order valence-electron chi connectivity index (χ1n) is 11.7. The van der Waals surface area contributed by atoms with E-state index in [0.717, 1.165) is 72.4 Å². The molecule has 33 heavy (non-hydrogen) atoms. The predicted molar refractivity (Wildman–Crippen MR) is 126 cm³/mol. The number of pyridine rings is 1. The molecule has 2 aliphatic heterocycles. The second kappa shape index (κ2) is 8.73. The normalized spacial score (nSPS) is 23.2. The third-order valence-corrected chi connectivity index (χ3v) is 6.89. The number of benzene rings is 1. The summed E-state index contributed by atoms with van der Waals surface area (Å²) in [4.78, 5) is 12.0. The molecule has 0 bridgehead atoms. The van der Waals surface area contributed by atoms with Gasteiger partial charge in [0.15, 0.2) is 5.82 Å². The molecule has 2 saturated heterocycles. The first kappa shape index (κ1) is 21.8. The molecule has 0 amide bonds. The van der Waals surface area contributed by atoms with Gasteiger partial charge in [-0.1, -0.05) is 5.16 Å². The van der Waals surface area contributed by atoms with Gasteiger partial charge in [-0.15, -0.1) is 0 Å². The van der Waals surface area contributed by atoms with E-state index in [0.29, 0.717) is 29.4 Å². The fourth-order valence-electron chi connectivity index (χ4n) is 5.23. The molecule has 4 heterocycles. The predicted octanol–water partition coefficient (Wildman–Crippen LogP) is 3.82. The maximum Gasteiger partial charge on any atom is 0.261 e. The maximum atomic E-state index is 9.80. The molecule has 5 rings (SSSR count). The lowest BCUT2D eigenvalue weighted by atomic mass is 9.94. The molecule has 3 atom stereocenters. The quantitative estimate of drug-likeness (QED) is 0.646. The van der Waals surface area contributed by atoms with E-state index in [4.69, 9.17) is 14.2 Å². The van der Waals surface area contributed by atoms with Gasteiger partial charge in [0.05, 0.1) is 23.3 Å². The summed E-state index contributed by atoms with van der Waals surface area (Å²) in [5, 5.41) is 18.6. The molecule has 172 valence electrons. The van der Waals surface area contributed by atoms with Crippen LogP contribution in [0.1, 0.15) is 48.7 Å². The fraction of sp³-hybridized carbons (Fsp3) is 0.520. The van der Waals surface area contributed by atoms with Gasteiger partial charge in [0, 0.05) is 36.7 Å². The number of fused-ring (bicyclic) bond motifs is 1. The number of hydrogen-bond acceptors (Lipinski definition) is 8. The molecule has 2 fully saturated rings. The second-order valence-electron chi connectivity index (χ2n) is 9.39. The Hall–Kier alpha value is -3.02. The summed E-state index contributed by atoms with van der Waals surface area (Å²) in [5.74, 6) is 1.89. The van der Waals surface area contributed by atoms with Gasteiger partial charge < -0.3 is 19.5 Å². The van der Waals surface area contributed by atoms with Crippen molar-refractivity contribution in [2.24, 2.45) is 0 Å². The van der Waals surface area contributed by atoms with Gasteiger partial charge in [0.25, 0.3) is 5.89 Å². The molecule has 0 saturated carbocycles. The SMILES string of the molecule is Cc1cc(C#N)c2nc(N3CC[C@@H](NC4CCOC4)C[C@H]3C)c(-c3nc(C)no3)c(C)c2c1. The number of aryl methyl sites for hydroxylation is 3. The highest BCUT2D eigenvalue weighted by atomic mass is 16.5. The lowest BCUT2D eigenvalue weighted by Gasteiger charge is -2.40. The topological polar surface area (TPSA) is 100 Å². The van der Waals surface area contributed by atoms with Crippen molar-refractivity contribution >= 4 is 16.7 Å². The lowest BCUT2D eigenvalue weighted by Crippen LogP contribution is -2.50. The van der Waals surface area contributed by atoms with Crippen molar-refractivity contribution in [3.63, 3.8) is 0 Å². The molecule has 1 N–H and O–H groups in total. The van der Waals surface area contributed by atoms with Gasteiger partial charge in [-0.2, -0.15) is 10.2 Å². The zero-order valence-corrected chi connectivity index (χ0v) is 19.7. The van der Waals surface area contributed by atoms with Crippen LogP contribution in [0.3, 0.4) is 0 Å². The molecule has 8 heteroatoms. The van der Waals surface area contributed by atoms with Crippen LogP contribution >= 0.6 is 0 Å². The van der Waals surface area contributed by atoms with E-state index in [1.54, 1.807) is 0 Å². The van der Waals surface area contributed by atoms with Crippen molar-refractivity contribution < 1.29 is 9.26 Å². The van der Waals surface area contributed by atoms with Crippen LogP contribution < -0.4 is 10.2 Å².